The van der Waals surface area contributed by atoms with Crippen LogP contribution in [0, 0.1) is 5.92 Å². The first-order valence-electron chi connectivity index (χ1n) is 10.6. The molecule has 0 aromatic heterocycles. The van der Waals surface area contributed by atoms with Gasteiger partial charge in [-0.1, -0.05) is 19.1 Å². The molecule has 0 atom stereocenters. The molecule has 6 heteroatoms. The molecule has 2 aromatic rings. The molecule has 2 amide bonds. The van der Waals surface area contributed by atoms with Crippen LogP contribution in [0.5, 0.6) is 5.75 Å². The number of amides is 2. The Morgan fingerprint density at radius 1 is 1.03 bits per heavy atom. The van der Waals surface area contributed by atoms with E-state index in [-0.39, 0.29) is 11.8 Å². The number of para-hydroxylation sites is 1. The maximum atomic E-state index is 12.7. The van der Waals surface area contributed by atoms with Crippen LogP contribution in [-0.4, -0.2) is 49.6 Å². The Morgan fingerprint density at radius 2 is 1.73 bits per heavy atom. The summed E-state index contributed by atoms with van der Waals surface area (Å²) in [6.07, 6.45) is 2.10. The van der Waals surface area contributed by atoms with E-state index in [1.807, 2.05) is 17.9 Å². The highest BCUT2D eigenvalue weighted by Crippen LogP contribution is 2.21. The van der Waals surface area contributed by atoms with Gasteiger partial charge < -0.3 is 19.7 Å². The molecule has 1 N–H and O–H groups in total. The average Bonchev–Trinajstić information content (AvgIpc) is 2.77. The summed E-state index contributed by atoms with van der Waals surface area (Å²) >= 11 is 0. The summed E-state index contributed by atoms with van der Waals surface area (Å²) < 4.78 is 11.0. The second-order valence-corrected chi connectivity index (χ2v) is 7.55. The Balaban J connectivity index is 1.60. The summed E-state index contributed by atoms with van der Waals surface area (Å²) in [6, 6.07) is 14.2. The molecule has 0 unspecified atom stereocenters. The molecule has 0 bridgehead atoms. The van der Waals surface area contributed by atoms with E-state index in [2.05, 4.69) is 12.2 Å². The average molecular weight is 411 g/mol. The molecule has 3 rings (SSSR count). The van der Waals surface area contributed by atoms with Gasteiger partial charge >= 0.3 is 0 Å². The van der Waals surface area contributed by atoms with Crippen molar-refractivity contribution in [2.24, 2.45) is 5.92 Å². The summed E-state index contributed by atoms with van der Waals surface area (Å²) in [5, 5.41) is 2.88. The molecule has 30 heavy (non-hydrogen) atoms. The molecular formula is C24H30N2O4. The van der Waals surface area contributed by atoms with E-state index in [0.717, 1.165) is 25.9 Å². The molecule has 1 aliphatic heterocycles. The molecule has 0 aliphatic carbocycles. The predicted octanol–water partition coefficient (Wildman–Crippen LogP) is 4.23. The van der Waals surface area contributed by atoms with Gasteiger partial charge in [-0.15, -0.1) is 0 Å². The number of anilines is 1. The van der Waals surface area contributed by atoms with Crippen LogP contribution in [0.4, 0.5) is 5.69 Å². The number of hydrogen-bond acceptors (Lipinski definition) is 4. The number of likely N-dealkylation sites (tertiary alicyclic amines) is 1. The normalized spacial score (nSPS) is 14.4. The molecule has 0 spiro atoms. The van der Waals surface area contributed by atoms with Crippen molar-refractivity contribution < 1.29 is 19.1 Å². The lowest BCUT2D eigenvalue weighted by Crippen LogP contribution is -2.37. The molecular weight excluding hydrogens is 380 g/mol. The van der Waals surface area contributed by atoms with Gasteiger partial charge in [0, 0.05) is 30.9 Å². The highest BCUT2D eigenvalue weighted by molar-refractivity contribution is 6.06. The van der Waals surface area contributed by atoms with Crippen molar-refractivity contribution in [2.45, 2.75) is 26.7 Å². The number of piperidine rings is 1. The van der Waals surface area contributed by atoms with Gasteiger partial charge in [-0.25, -0.2) is 0 Å². The molecule has 0 saturated carbocycles. The quantitative estimate of drug-likeness (QED) is 0.662. The second kappa shape index (κ2) is 10.8. The summed E-state index contributed by atoms with van der Waals surface area (Å²) in [5.74, 6) is 0.984. The second-order valence-electron chi connectivity index (χ2n) is 7.55. The summed E-state index contributed by atoms with van der Waals surface area (Å²) in [6.45, 7) is 7.23. The molecule has 1 aliphatic rings. The maximum absolute atomic E-state index is 12.7. The van der Waals surface area contributed by atoms with Crippen molar-refractivity contribution in [1.29, 1.82) is 0 Å². The Labute approximate surface area is 178 Å². The number of hydrogen-bond donors (Lipinski definition) is 1. The highest BCUT2D eigenvalue weighted by atomic mass is 16.5. The highest BCUT2D eigenvalue weighted by Gasteiger charge is 2.21. The van der Waals surface area contributed by atoms with Gasteiger partial charge in [0.2, 0.25) is 0 Å². The molecule has 160 valence electrons. The minimum Gasteiger partial charge on any atom is -0.490 e. The van der Waals surface area contributed by atoms with Crippen LogP contribution in [0.3, 0.4) is 0 Å². The van der Waals surface area contributed by atoms with Crippen molar-refractivity contribution in [2.75, 3.05) is 38.2 Å². The van der Waals surface area contributed by atoms with Gasteiger partial charge in [0.15, 0.2) is 0 Å². The van der Waals surface area contributed by atoms with Gasteiger partial charge in [0.1, 0.15) is 12.4 Å². The first-order valence-corrected chi connectivity index (χ1v) is 10.6. The number of carbonyl (C=O) groups excluding carboxylic acids is 2. The Hall–Kier alpha value is -2.86. The lowest BCUT2D eigenvalue weighted by molar-refractivity contribution is 0.0697. The van der Waals surface area contributed by atoms with Gasteiger partial charge in [0.05, 0.1) is 12.2 Å². The third-order valence-corrected chi connectivity index (χ3v) is 5.28. The van der Waals surface area contributed by atoms with Gasteiger partial charge in [-0.2, -0.15) is 0 Å². The zero-order valence-corrected chi connectivity index (χ0v) is 17.7. The van der Waals surface area contributed by atoms with E-state index < -0.39 is 0 Å². The van der Waals surface area contributed by atoms with E-state index in [4.69, 9.17) is 9.47 Å². The zero-order valence-electron chi connectivity index (χ0n) is 17.7. The van der Waals surface area contributed by atoms with Crippen LogP contribution in [0.15, 0.2) is 48.5 Å². The van der Waals surface area contributed by atoms with Crippen molar-refractivity contribution >= 4 is 17.5 Å². The topological polar surface area (TPSA) is 67.9 Å². The predicted molar refractivity (Wildman–Crippen MR) is 117 cm³/mol. The number of carbonyl (C=O) groups is 2. The van der Waals surface area contributed by atoms with E-state index >= 15 is 0 Å². The molecule has 1 heterocycles. The molecule has 1 saturated heterocycles. The van der Waals surface area contributed by atoms with E-state index in [1.54, 1.807) is 42.5 Å². The number of nitrogens with zero attached hydrogens (tertiary/aromatic N) is 1. The van der Waals surface area contributed by atoms with Crippen LogP contribution in [0.25, 0.3) is 0 Å². The number of rotatable bonds is 8. The monoisotopic (exact) mass is 410 g/mol. The zero-order chi connectivity index (χ0) is 21.3. The molecule has 2 aromatic carbocycles. The van der Waals surface area contributed by atoms with E-state index in [1.165, 1.54) is 0 Å². The standard InChI is InChI=1S/C24H30N2O4/c1-3-29-16-17-30-22-7-5-4-6-21(22)23(27)25-20-10-8-19(9-11-20)24(28)26-14-12-18(2)13-15-26/h4-11,18H,3,12-17H2,1-2H3,(H,25,27). The van der Waals surface area contributed by atoms with Crippen LogP contribution < -0.4 is 10.1 Å². The Kier molecular flexibility index (Phi) is 7.85. The third kappa shape index (κ3) is 5.83. The Bertz CT molecular complexity index is 843. The van der Waals surface area contributed by atoms with Crippen molar-refractivity contribution in [3.63, 3.8) is 0 Å². The lowest BCUT2D eigenvalue weighted by atomic mass is 9.98. The Morgan fingerprint density at radius 3 is 2.43 bits per heavy atom. The number of nitrogens with one attached hydrogen (secondary N) is 1. The molecule has 6 nitrogen and oxygen atoms in total. The minimum atomic E-state index is -0.258. The van der Waals surface area contributed by atoms with Crippen LogP contribution >= 0.6 is 0 Å². The first kappa shape index (κ1) is 21.8. The van der Waals surface area contributed by atoms with Crippen molar-refractivity contribution in [3.05, 3.63) is 59.7 Å². The van der Waals surface area contributed by atoms with Crippen LogP contribution in [0.2, 0.25) is 0 Å². The van der Waals surface area contributed by atoms with Crippen LogP contribution in [0.1, 0.15) is 47.4 Å². The number of benzene rings is 2. The lowest BCUT2D eigenvalue weighted by Gasteiger charge is -2.30. The number of ether oxygens (including phenoxy) is 2. The minimum absolute atomic E-state index is 0.0489. The van der Waals surface area contributed by atoms with Gasteiger partial charge in [-0.3, -0.25) is 9.59 Å². The van der Waals surface area contributed by atoms with Gasteiger partial charge in [-0.05, 0) is 62.1 Å². The largest absolute Gasteiger partial charge is 0.490 e. The van der Waals surface area contributed by atoms with Crippen molar-refractivity contribution in [3.8, 4) is 5.75 Å². The molecule has 0 radical (unpaired) electrons. The SMILES string of the molecule is CCOCCOc1ccccc1C(=O)Nc1ccc(C(=O)N2CCC(C)CC2)cc1. The summed E-state index contributed by atoms with van der Waals surface area (Å²) in [7, 11) is 0. The summed E-state index contributed by atoms with van der Waals surface area (Å²) in [5.41, 5.74) is 1.73. The van der Waals surface area contributed by atoms with E-state index in [9.17, 15) is 9.59 Å². The summed E-state index contributed by atoms with van der Waals surface area (Å²) in [4.78, 5) is 27.3. The third-order valence-electron chi connectivity index (χ3n) is 5.28. The smallest absolute Gasteiger partial charge is 0.259 e. The maximum Gasteiger partial charge on any atom is 0.259 e. The van der Waals surface area contributed by atoms with E-state index in [0.29, 0.717) is 48.3 Å². The fourth-order valence-corrected chi connectivity index (χ4v) is 3.42. The molecule has 1 fully saturated rings. The van der Waals surface area contributed by atoms with Gasteiger partial charge in [0.25, 0.3) is 11.8 Å². The van der Waals surface area contributed by atoms with Crippen LogP contribution in [-0.2, 0) is 4.74 Å². The first-order chi connectivity index (χ1) is 14.6. The fraction of sp³-hybridized carbons (Fsp3) is 0.417. The fourth-order valence-electron chi connectivity index (χ4n) is 3.42. The van der Waals surface area contributed by atoms with Crippen molar-refractivity contribution in [1.82, 2.24) is 4.90 Å².